The van der Waals surface area contributed by atoms with Gasteiger partial charge in [0.05, 0.1) is 19.6 Å². The molecule has 0 fully saturated rings. The highest BCUT2D eigenvalue weighted by atomic mass is 32.2. The van der Waals surface area contributed by atoms with Gasteiger partial charge in [0.2, 0.25) is 0 Å². The lowest BCUT2D eigenvalue weighted by molar-refractivity contribution is -0.922. The summed E-state index contributed by atoms with van der Waals surface area (Å²) in [5.74, 6) is -0.733. The molecule has 0 amide bonds. The predicted octanol–water partition coefficient (Wildman–Crippen LogP) is 0.673. The van der Waals surface area contributed by atoms with Gasteiger partial charge >= 0.3 is 5.97 Å². The van der Waals surface area contributed by atoms with Gasteiger partial charge in [0.15, 0.2) is 0 Å². The normalized spacial score (nSPS) is 11.6. The number of esters is 1. The van der Waals surface area contributed by atoms with Gasteiger partial charge in [0.1, 0.15) is 18.9 Å². The van der Waals surface area contributed by atoms with E-state index in [0.717, 1.165) is 0 Å². The minimum absolute atomic E-state index is 0. The van der Waals surface area contributed by atoms with E-state index < -0.39 is 16.1 Å². The van der Waals surface area contributed by atoms with Crippen molar-refractivity contribution in [2.75, 3.05) is 38.5 Å². The molecule has 0 aliphatic carbocycles. The topological polar surface area (TPSA) is 111 Å². The number of carbonyl (C=O) groups is 1. The Kier molecular flexibility index (Phi) is 9.67. The number of quaternary nitrogens is 1. The molecule has 0 atom stereocenters. The average molecular weight is 311 g/mol. The molecule has 0 saturated carbocycles. The van der Waals surface area contributed by atoms with E-state index in [1.807, 2.05) is 13.8 Å². The molecule has 0 spiro atoms. The Hall–Kier alpha value is -0.960. The first-order chi connectivity index (χ1) is 8.66. The van der Waals surface area contributed by atoms with E-state index >= 15 is 0 Å². The maximum atomic E-state index is 11.3. The minimum Gasteiger partial charge on any atom is -0.870 e. The third kappa shape index (κ3) is 8.26. The second-order valence-electron chi connectivity index (χ2n) is 4.62. The van der Waals surface area contributed by atoms with Crippen LogP contribution in [0.4, 0.5) is 0 Å². The highest BCUT2D eigenvalue weighted by Crippen LogP contribution is 2.07. The van der Waals surface area contributed by atoms with Crippen molar-refractivity contribution in [3.05, 3.63) is 12.2 Å². The summed E-state index contributed by atoms with van der Waals surface area (Å²) in [5.41, 5.74) is 0.337. The Balaban J connectivity index is 0. The van der Waals surface area contributed by atoms with Crippen molar-refractivity contribution in [3.63, 3.8) is 0 Å². The standard InChI is InChI=1S/C12H23NO5S.H2O/c1-5-13(6-2,8-10-19(15,16)17)7-9-18-12(14)11(3)4;/h3,5-10H2,1-2,4H3;1H2. The first kappa shape index (κ1) is 21.3. The predicted molar refractivity (Wildman–Crippen MR) is 75.2 cm³/mol. The summed E-state index contributed by atoms with van der Waals surface area (Å²) in [6.45, 7) is 11.4. The molecule has 0 saturated heterocycles. The lowest BCUT2D eigenvalue weighted by Crippen LogP contribution is -2.52. The van der Waals surface area contributed by atoms with Crippen molar-refractivity contribution < 1.29 is 32.5 Å². The zero-order valence-corrected chi connectivity index (χ0v) is 13.1. The summed E-state index contributed by atoms with van der Waals surface area (Å²) < 4.78 is 36.0. The van der Waals surface area contributed by atoms with Crippen LogP contribution in [-0.2, 0) is 19.6 Å². The molecule has 0 rings (SSSR count). The van der Waals surface area contributed by atoms with E-state index in [9.17, 15) is 13.2 Å². The van der Waals surface area contributed by atoms with Crippen LogP contribution in [0.1, 0.15) is 20.8 Å². The molecule has 0 aromatic carbocycles. The molecule has 0 aliphatic rings. The zero-order valence-electron chi connectivity index (χ0n) is 12.3. The summed E-state index contributed by atoms with van der Waals surface area (Å²) in [5, 5.41) is 0. The fourth-order valence-corrected chi connectivity index (χ4v) is 2.35. The van der Waals surface area contributed by atoms with Gasteiger partial charge < -0.3 is 14.7 Å². The third-order valence-corrected chi connectivity index (χ3v) is 4.01. The first-order valence-corrected chi connectivity index (χ1v) is 7.89. The van der Waals surface area contributed by atoms with Gasteiger partial charge in [-0.1, -0.05) is 6.58 Å². The van der Waals surface area contributed by atoms with Gasteiger partial charge in [-0.3, -0.25) is 4.55 Å². The molecule has 0 unspecified atom stereocenters. The van der Waals surface area contributed by atoms with Crippen LogP contribution in [0.3, 0.4) is 0 Å². The third-order valence-electron chi connectivity index (χ3n) is 3.31. The monoisotopic (exact) mass is 311 g/mol. The molecule has 7 nitrogen and oxygen atoms in total. The Bertz CT molecular complexity index is 414. The highest BCUT2D eigenvalue weighted by Gasteiger charge is 2.26. The molecular formula is C12H25NO6S. The van der Waals surface area contributed by atoms with Crippen LogP contribution < -0.4 is 0 Å². The quantitative estimate of drug-likeness (QED) is 0.290. The van der Waals surface area contributed by atoms with Crippen LogP contribution in [0.25, 0.3) is 0 Å². The lowest BCUT2D eigenvalue weighted by Gasteiger charge is -2.36. The van der Waals surface area contributed by atoms with Crippen molar-refractivity contribution in [2.24, 2.45) is 0 Å². The van der Waals surface area contributed by atoms with E-state index in [1.165, 1.54) is 0 Å². The van der Waals surface area contributed by atoms with Crippen molar-refractivity contribution >= 4 is 16.1 Å². The number of nitrogens with zero attached hydrogens (tertiary/aromatic N) is 1. The van der Waals surface area contributed by atoms with E-state index in [1.54, 1.807) is 6.92 Å². The van der Waals surface area contributed by atoms with Crippen LogP contribution in [0.5, 0.6) is 0 Å². The average Bonchev–Trinajstić information content (AvgIpc) is 2.32. The Morgan fingerprint density at radius 3 is 2.10 bits per heavy atom. The van der Waals surface area contributed by atoms with Crippen LogP contribution in [0, 0.1) is 0 Å². The minimum atomic E-state index is -3.97. The molecule has 20 heavy (non-hydrogen) atoms. The maximum Gasteiger partial charge on any atom is 0.333 e. The number of carbonyl (C=O) groups excluding carboxylic acids is 1. The van der Waals surface area contributed by atoms with Crippen LogP contribution >= 0.6 is 0 Å². The van der Waals surface area contributed by atoms with Crippen LogP contribution in [0.2, 0.25) is 0 Å². The van der Waals surface area contributed by atoms with Crippen molar-refractivity contribution in [3.8, 4) is 0 Å². The van der Waals surface area contributed by atoms with E-state index in [-0.39, 0.29) is 17.8 Å². The molecule has 0 heterocycles. The number of hydrogen-bond acceptors (Lipinski definition) is 5. The summed E-state index contributed by atoms with van der Waals surface area (Å²) in [6.07, 6.45) is 0. The second-order valence-corrected chi connectivity index (χ2v) is 6.20. The van der Waals surface area contributed by atoms with Crippen LogP contribution in [-0.4, -0.2) is 67.4 Å². The molecule has 2 N–H and O–H groups in total. The zero-order chi connectivity index (χ0) is 15.1. The SMILES string of the molecule is C=C(C)C(=O)OCC[N+](CC)(CC)CCS(=O)(=O)O.[OH-]. The summed E-state index contributed by atoms with van der Waals surface area (Å²) in [6, 6.07) is 0. The molecule has 0 aliphatic heterocycles. The molecule has 0 bridgehead atoms. The van der Waals surface area contributed by atoms with E-state index in [0.29, 0.717) is 36.2 Å². The Labute approximate surface area is 120 Å². The fourth-order valence-electron chi connectivity index (χ4n) is 1.73. The number of ether oxygens (including phenoxy) is 1. The molecule has 0 radical (unpaired) electrons. The van der Waals surface area contributed by atoms with Gasteiger partial charge in [0.25, 0.3) is 10.1 Å². The summed E-state index contributed by atoms with van der Waals surface area (Å²) in [4.78, 5) is 11.3. The van der Waals surface area contributed by atoms with Crippen LogP contribution in [0.15, 0.2) is 12.2 Å². The lowest BCUT2D eigenvalue weighted by atomic mass is 10.3. The molecule has 8 heteroatoms. The number of hydrogen-bond donors (Lipinski definition) is 1. The number of likely N-dealkylation sites (N-methyl/N-ethyl adjacent to an activating group) is 1. The molecule has 0 aromatic heterocycles. The second kappa shape index (κ2) is 9.06. The molecular weight excluding hydrogens is 286 g/mol. The van der Waals surface area contributed by atoms with Crippen molar-refractivity contribution in [2.45, 2.75) is 20.8 Å². The van der Waals surface area contributed by atoms with Crippen molar-refractivity contribution in [1.29, 1.82) is 0 Å². The molecule has 0 aromatic rings. The van der Waals surface area contributed by atoms with Gasteiger partial charge in [-0.15, -0.1) is 0 Å². The summed E-state index contributed by atoms with van der Waals surface area (Å²) in [7, 11) is -3.97. The van der Waals surface area contributed by atoms with Gasteiger partial charge in [-0.25, -0.2) is 4.79 Å². The maximum absolute atomic E-state index is 11.3. The first-order valence-electron chi connectivity index (χ1n) is 6.28. The van der Waals surface area contributed by atoms with E-state index in [2.05, 4.69) is 6.58 Å². The fraction of sp³-hybridized carbons (Fsp3) is 0.750. The van der Waals surface area contributed by atoms with Gasteiger partial charge in [0, 0.05) is 5.57 Å². The summed E-state index contributed by atoms with van der Waals surface area (Å²) >= 11 is 0. The smallest absolute Gasteiger partial charge is 0.333 e. The largest absolute Gasteiger partial charge is 0.870 e. The number of rotatable bonds is 9. The Morgan fingerprint density at radius 1 is 1.25 bits per heavy atom. The Morgan fingerprint density at radius 2 is 1.75 bits per heavy atom. The van der Waals surface area contributed by atoms with Crippen molar-refractivity contribution in [1.82, 2.24) is 0 Å². The highest BCUT2D eigenvalue weighted by molar-refractivity contribution is 7.85. The van der Waals surface area contributed by atoms with Gasteiger partial charge in [-0.05, 0) is 20.8 Å². The van der Waals surface area contributed by atoms with E-state index in [4.69, 9.17) is 9.29 Å². The van der Waals surface area contributed by atoms with Gasteiger partial charge in [-0.2, -0.15) is 8.42 Å². The molecule has 120 valence electrons.